The quantitative estimate of drug-likeness (QED) is 0.411. The van der Waals surface area contributed by atoms with E-state index < -0.39 is 0 Å². The Morgan fingerprint density at radius 3 is 2.53 bits per heavy atom. The van der Waals surface area contributed by atoms with Crippen LogP contribution in [0.25, 0.3) is 22.5 Å². The second-order valence-electron chi connectivity index (χ2n) is 9.15. The first-order chi connectivity index (χ1) is 16.7. The van der Waals surface area contributed by atoms with Gasteiger partial charge in [-0.15, -0.1) is 5.10 Å². The molecule has 0 atom stereocenters. The van der Waals surface area contributed by atoms with E-state index >= 15 is 0 Å². The normalized spacial score (nSPS) is 14.5. The predicted octanol–water partition coefficient (Wildman–Crippen LogP) is 4.79. The molecule has 2 aromatic heterocycles. The van der Waals surface area contributed by atoms with Crippen LogP contribution in [0.15, 0.2) is 53.3 Å². The number of rotatable bonds is 8. The van der Waals surface area contributed by atoms with E-state index in [2.05, 4.69) is 63.9 Å². The van der Waals surface area contributed by atoms with Gasteiger partial charge in [0.25, 0.3) is 0 Å². The molecule has 0 spiro atoms. The first-order valence-corrected chi connectivity index (χ1v) is 12.3. The number of nitrogens with one attached hydrogen (secondary N) is 1. The molecule has 5 rings (SSSR count). The molecule has 0 aliphatic heterocycles. The Labute approximate surface area is 199 Å². The lowest BCUT2D eigenvalue weighted by Gasteiger charge is -2.20. The molecular weight excluding hydrogens is 426 g/mol. The lowest BCUT2D eigenvalue weighted by Crippen LogP contribution is -2.30. The van der Waals surface area contributed by atoms with Crippen LogP contribution in [-0.2, 0) is 13.0 Å². The van der Waals surface area contributed by atoms with Crippen molar-refractivity contribution in [3.05, 3.63) is 70.4 Å². The topological polar surface area (TPSA) is 94.3 Å². The third-order valence-corrected chi connectivity index (χ3v) is 6.75. The smallest absolute Gasteiger partial charge is 0.274 e. The third-order valence-electron chi connectivity index (χ3n) is 6.75. The fourth-order valence-corrected chi connectivity index (χ4v) is 4.81. The Morgan fingerprint density at radius 1 is 1.00 bits per heavy atom. The lowest BCUT2D eigenvalue weighted by molar-refractivity contribution is 0.319. The van der Waals surface area contributed by atoms with Crippen molar-refractivity contribution in [3.8, 4) is 22.5 Å². The standard InChI is InChI=1S/C26H31N7O/c1-2-3-12-24-29-33(23-10-5-4-6-11-23)26(34)32(24)18-19-13-15-20(16-14-19)21-8-7-9-22(17-21)25-27-30-31-28-25/h7-9,13-17,23H,2-6,10-12,18H2,1H3,(H,27,28,30,31). The molecule has 4 aromatic rings. The van der Waals surface area contributed by atoms with Crippen molar-refractivity contribution in [3.63, 3.8) is 0 Å². The predicted molar refractivity (Wildman–Crippen MR) is 131 cm³/mol. The number of aromatic nitrogens is 7. The van der Waals surface area contributed by atoms with E-state index in [9.17, 15) is 4.79 Å². The Kier molecular flexibility index (Phi) is 6.65. The molecule has 0 radical (unpaired) electrons. The summed E-state index contributed by atoms with van der Waals surface area (Å²) in [4.78, 5) is 13.3. The van der Waals surface area contributed by atoms with Gasteiger partial charge in [0.05, 0.1) is 12.6 Å². The minimum atomic E-state index is 0.0375. The van der Waals surface area contributed by atoms with Crippen LogP contribution in [0.5, 0.6) is 0 Å². The number of aromatic amines is 1. The van der Waals surface area contributed by atoms with E-state index in [4.69, 9.17) is 5.10 Å². The zero-order valence-corrected chi connectivity index (χ0v) is 19.7. The fourth-order valence-electron chi connectivity index (χ4n) is 4.81. The maximum Gasteiger partial charge on any atom is 0.346 e. The number of nitrogens with zero attached hydrogens (tertiary/aromatic N) is 6. The van der Waals surface area contributed by atoms with Crippen molar-refractivity contribution in [1.29, 1.82) is 0 Å². The number of benzene rings is 2. The maximum absolute atomic E-state index is 13.3. The highest BCUT2D eigenvalue weighted by molar-refractivity contribution is 5.70. The molecule has 1 N–H and O–H groups in total. The van der Waals surface area contributed by atoms with E-state index in [1.54, 1.807) is 4.68 Å². The highest BCUT2D eigenvalue weighted by Crippen LogP contribution is 2.27. The summed E-state index contributed by atoms with van der Waals surface area (Å²) < 4.78 is 3.67. The molecule has 8 nitrogen and oxygen atoms in total. The molecule has 34 heavy (non-hydrogen) atoms. The average molecular weight is 458 g/mol. The Bertz CT molecular complexity index is 1270. The van der Waals surface area contributed by atoms with Crippen molar-refractivity contribution in [2.45, 2.75) is 70.9 Å². The van der Waals surface area contributed by atoms with Crippen LogP contribution in [-0.4, -0.2) is 35.0 Å². The van der Waals surface area contributed by atoms with Crippen LogP contribution in [0, 0.1) is 0 Å². The lowest BCUT2D eigenvalue weighted by atomic mass is 9.96. The Balaban J connectivity index is 1.39. The van der Waals surface area contributed by atoms with Gasteiger partial charge in [-0.1, -0.05) is 75.1 Å². The van der Waals surface area contributed by atoms with Crippen molar-refractivity contribution < 1.29 is 0 Å². The van der Waals surface area contributed by atoms with Gasteiger partial charge < -0.3 is 0 Å². The second kappa shape index (κ2) is 10.2. The molecular formula is C26H31N7O. The fraction of sp³-hybridized carbons (Fsp3) is 0.423. The Morgan fingerprint density at radius 2 is 1.79 bits per heavy atom. The molecule has 0 unspecified atom stereocenters. The number of aryl methyl sites for hydroxylation is 1. The molecule has 8 heteroatoms. The van der Waals surface area contributed by atoms with E-state index in [1.165, 1.54) is 19.3 Å². The van der Waals surface area contributed by atoms with Gasteiger partial charge in [0.1, 0.15) is 5.82 Å². The summed E-state index contributed by atoms with van der Waals surface area (Å²) in [5, 5.41) is 18.9. The zero-order valence-electron chi connectivity index (χ0n) is 19.7. The van der Waals surface area contributed by atoms with Crippen molar-refractivity contribution in [1.82, 2.24) is 35.0 Å². The van der Waals surface area contributed by atoms with Gasteiger partial charge in [0.2, 0.25) is 0 Å². The summed E-state index contributed by atoms with van der Waals surface area (Å²) >= 11 is 0. The van der Waals surface area contributed by atoms with Crippen LogP contribution in [0.1, 0.15) is 69.3 Å². The van der Waals surface area contributed by atoms with Crippen molar-refractivity contribution >= 4 is 0 Å². The highest BCUT2D eigenvalue weighted by atomic mass is 16.2. The largest absolute Gasteiger partial charge is 0.346 e. The molecule has 0 saturated heterocycles. The molecule has 2 heterocycles. The van der Waals surface area contributed by atoms with Gasteiger partial charge in [-0.25, -0.2) is 14.6 Å². The highest BCUT2D eigenvalue weighted by Gasteiger charge is 2.22. The van der Waals surface area contributed by atoms with Gasteiger partial charge in [0.15, 0.2) is 5.82 Å². The van der Waals surface area contributed by atoms with Crippen LogP contribution >= 0.6 is 0 Å². The van der Waals surface area contributed by atoms with E-state index in [-0.39, 0.29) is 11.7 Å². The summed E-state index contributed by atoms with van der Waals surface area (Å²) in [5.74, 6) is 1.56. The average Bonchev–Trinajstić information content (AvgIpc) is 3.53. The van der Waals surface area contributed by atoms with Crippen LogP contribution in [0.2, 0.25) is 0 Å². The van der Waals surface area contributed by atoms with Gasteiger partial charge >= 0.3 is 5.69 Å². The van der Waals surface area contributed by atoms with Gasteiger partial charge in [-0.05, 0) is 52.4 Å². The van der Waals surface area contributed by atoms with E-state index in [0.717, 1.165) is 60.2 Å². The summed E-state index contributed by atoms with van der Waals surface area (Å²) in [7, 11) is 0. The second-order valence-corrected chi connectivity index (χ2v) is 9.15. The third kappa shape index (κ3) is 4.71. The number of H-pyrrole nitrogens is 1. The molecule has 1 fully saturated rings. The number of tetrazole rings is 1. The monoisotopic (exact) mass is 457 g/mol. The summed E-state index contributed by atoms with van der Waals surface area (Å²) in [6.07, 6.45) is 8.71. The summed E-state index contributed by atoms with van der Waals surface area (Å²) in [6.45, 7) is 2.72. The van der Waals surface area contributed by atoms with Gasteiger partial charge in [-0.2, -0.15) is 5.10 Å². The summed E-state index contributed by atoms with van der Waals surface area (Å²) in [6, 6.07) is 16.8. The van der Waals surface area contributed by atoms with Gasteiger partial charge in [-0.3, -0.25) is 4.57 Å². The first-order valence-electron chi connectivity index (χ1n) is 12.3. The minimum absolute atomic E-state index is 0.0375. The molecule has 2 aromatic carbocycles. The number of unbranched alkanes of at least 4 members (excludes halogenated alkanes) is 1. The molecule has 1 aliphatic carbocycles. The van der Waals surface area contributed by atoms with Gasteiger partial charge in [0, 0.05) is 12.0 Å². The first kappa shape index (κ1) is 22.3. The summed E-state index contributed by atoms with van der Waals surface area (Å²) in [5.41, 5.74) is 4.27. The van der Waals surface area contributed by atoms with Crippen LogP contribution in [0.3, 0.4) is 0 Å². The minimum Gasteiger partial charge on any atom is -0.274 e. The number of hydrogen-bond acceptors (Lipinski definition) is 5. The zero-order chi connectivity index (χ0) is 23.3. The number of hydrogen-bond donors (Lipinski definition) is 1. The van der Waals surface area contributed by atoms with E-state index in [0.29, 0.717) is 12.4 Å². The SMILES string of the molecule is CCCCc1nn(C2CCCCC2)c(=O)n1Cc1ccc(-c2cccc(-c3nnn[nH]3)c2)cc1. The molecule has 1 aliphatic rings. The van der Waals surface area contributed by atoms with Crippen LogP contribution in [0.4, 0.5) is 0 Å². The molecule has 0 amide bonds. The Hall–Kier alpha value is -3.55. The molecule has 0 bridgehead atoms. The van der Waals surface area contributed by atoms with Crippen molar-refractivity contribution in [2.75, 3.05) is 0 Å². The molecule has 1 saturated carbocycles. The maximum atomic E-state index is 13.3. The van der Waals surface area contributed by atoms with Crippen molar-refractivity contribution in [2.24, 2.45) is 0 Å². The van der Waals surface area contributed by atoms with Crippen LogP contribution < -0.4 is 5.69 Å². The molecule has 176 valence electrons. The van der Waals surface area contributed by atoms with E-state index in [1.807, 2.05) is 16.7 Å².